The molecule has 0 amide bonds. The summed E-state index contributed by atoms with van der Waals surface area (Å²) in [6.07, 6.45) is 3.89. The lowest BCUT2D eigenvalue weighted by Gasteiger charge is -2.16. The molecule has 24 heavy (non-hydrogen) atoms. The first kappa shape index (κ1) is 20.8. The first-order valence-electron chi connectivity index (χ1n) is 8.17. The van der Waals surface area contributed by atoms with Gasteiger partial charge in [0.2, 0.25) is 0 Å². The van der Waals surface area contributed by atoms with Gasteiger partial charge >= 0.3 is 0 Å². The Hall–Kier alpha value is -1.28. The Morgan fingerprint density at radius 3 is 2.75 bits per heavy atom. The summed E-state index contributed by atoms with van der Waals surface area (Å²) in [5, 5.41) is 16.0. The van der Waals surface area contributed by atoms with Crippen LogP contribution in [0.1, 0.15) is 25.3 Å². The number of rotatable bonds is 9. The number of benzene rings is 1. The van der Waals surface area contributed by atoms with E-state index >= 15 is 0 Å². The lowest BCUT2D eigenvalue weighted by Crippen LogP contribution is -2.41. The van der Waals surface area contributed by atoms with Gasteiger partial charge in [0.05, 0.1) is 13.2 Å². The topological polar surface area (TPSA) is 65.9 Å². The second kappa shape index (κ2) is 10.6. The molecule has 0 atom stereocenters. The van der Waals surface area contributed by atoms with Crippen LogP contribution in [0.3, 0.4) is 0 Å². The molecule has 2 rings (SSSR count). The second-order valence-electron chi connectivity index (χ2n) is 5.91. The number of hydrogen-bond donors (Lipinski definition) is 3. The fourth-order valence-corrected chi connectivity index (χ4v) is 2.27. The van der Waals surface area contributed by atoms with Gasteiger partial charge in [-0.05, 0) is 25.8 Å². The zero-order chi connectivity index (χ0) is 16.5. The molecule has 1 aromatic carbocycles. The molecular formula is C18H28IN3O2. The minimum absolute atomic E-state index is 0. The molecule has 134 valence electrons. The molecular weight excluding hydrogens is 417 g/mol. The number of halogens is 1. The Morgan fingerprint density at radius 2 is 2.12 bits per heavy atom. The predicted octanol–water partition coefficient (Wildman–Crippen LogP) is 2.70. The van der Waals surface area contributed by atoms with E-state index in [2.05, 4.69) is 22.2 Å². The fraction of sp³-hybridized carbons (Fsp3) is 0.500. The molecule has 1 aliphatic carbocycles. The van der Waals surface area contributed by atoms with Crippen LogP contribution in [0.5, 0.6) is 5.75 Å². The largest absolute Gasteiger partial charge is 0.489 e. The summed E-state index contributed by atoms with van der Waals surface area (Å²) in [5.41, 5.74) is 1.09. The van der Waals surface area contributed by atoms with Crippen LogP contribution < -0.4 is 15.4 Å². The molecule has 0 saturated heterocycles. The van der Waals surface area contributed by atoms with Gasteiger partial charge in [0.1, 0.15) is 12.4 Å². The highest BCUT2D eigenvalue weighted by Gasteiger charge is 2.41. The molecule has 0 radical (unpaired) electrons. The lowest BCUT2D eigenvalue weighted by atomic mass is 10.1. The molecule has 0 aromatic heterocycles. The molecule has 1 fully saturated rings. The maximum atomic E-state index is 9.40. The molecule has 0 heterocycles. The number of aliphatic hydroxyl groups excluding tert-OH is 1. The number of nitrogens with zero attached hydrogens (tertiary/aromatic N) is 1. The summed E-state index contributed by atoms with van der Waals surface area (Å²) in [6, 6.07) is 7.89. The van der Waals surface area contributed by atoms with E-state index in [1.807, 2.05) is 31.2 Å². The monoisotopic (exact) mass is 445 g/mol. The third kappa shape index (κ3) is 6.32. The number of nitrogens with one attached hydrogen (secondary N) is 2. The smallest absolute Gasteiger partial charge is 0.191 e. The van der Waals surface area contributed by atoms with Crippen molar-refractivity contribution in [2.75, 3.05) is 26.3 Å². The summed E-state index contributed by atoms with van der Waals surface area (Å²) in [7, 11) is 0. The van der Waals surface area contributed by atoms with Gasteiger partial charge in [-0.3, -0.25) is 0 Å². The first-order valence-corrected chi connectivity index (χ1v) is 8.17. The number of ether oxygens (including phenoxy) is 1. The van der Waals surface area contributed by atoms with Gasteiger partial charge < -0.3 is 20.5 Å². The predicted molar refractivity (Wildman–Crippen MR) is 109 cm³/mol. The molecule has 3 N–H and O–H groups in total. The average Bonchev–Trinajstić information content (AvgIpc) is 3.37. The number of guanidine groups is 1. The third-order valence-electron chi connectivity index (χ3n) is 4.00. The number of hydrogen-bond acceptors (Lipinski definition) is 3. The van der Waals surface area contributed by atoms with E-state index in [0.717, 1.165) is 43.2 Å². The number of aliphatic hydroxyl groups is 1. The van der Waals surface area contributed by atoms with Crippen LogP contribution in [-0.2, 0) is 6.54 Å². The van der Waals surface area contributed by atoms with Crippen LogP contribution in [0.15, 0.2) is 41.9 Å². The van der Waals surface area contributed by atoms with Crippen molar-refractivity contribution in [3.8, 4) is 5.75 Å². The summed E-state index contributed by atoms with van der Waals surface area (Å²) >= 11 is 0. The van der Waals surface area contributed by atoms with Crippen molar-refractivity contribution in [1.82, 2.24) is 10.6 Å². The third-order valence-corrected chi connectivity index (χ3v) is 4.00. The Morgan fingerprint density at radius 1 is 1.38 bits per heavy atom. The zero-order valence-corrected chi connectivity index (χ0v) is 16.6. The Bertz CT molecular complexity index is 545. The highest BCUT2D eigenvalue weighted by molar-refractivity contribution is 14.0. The minimum Gasteiger partial charge on any atom is -0.489 e. The van der Waals surface area contributed by atoms with Crippen LogP contribution in [0, 0.1) is 5.41 Å². The molecule has 1 aliphatic rings. The molecule has 6 heteroatoms. The van der Waals surface area contributed by atoms with Gasteiger partial charge in [0.25, 0.3) is 0 Å². The van der Waals surface area contributed by atoms with Crippen molar-refractivity contribution in [3.05, 3.63) is 42.5 Å². The van der Waals surface area contributed by atoms with Crippen molar-refractivity contribution in [2.24, 2.45) is 10.4 Å². The summed E-state index contributed by atoms with van der Waals surface area (Å²) in [4.78, 5) is 4.62. The highest BCUT2D eigenvalue weighted by Crippen LogP contribution is 2.44. The Labute approximate surface area is 161 Å². The van der Waals surface area contributed by atoms with E-state index in [0.29, 0.717) is 13.2 Å². The van der Waals surface area contributed by atoms with Crippen LogP contribution in [0.4, 0.5) is 0 Å². The maximum absolute atomic E-state index is 9.40. The number of para-hydroxylation sites is 1. The Kier molecular flexibility index (Phi) is 9.13. The van der Waals surface area contributed by atoms with E-state index in [4.69, 9.17) is 4.74 Å². The van der Waals surface area contributed by atoms with Gasteiger partial charge in [-0.25, -0.2) is 4.99 Å². The first-order chi connectivity index (χ1) is 11.2. The Balaban J connectivity index is 0.00000288. The van der Waals surface area contributed by atoms with Crippen LogP contribution in [0.2, 0.25) is 0 Å². The quantitative estimate of drug-likeness (QED) is 0.237. The van der Waals surface area contributed by atoms with E-state index < -0.39 is 0 Å². The molecule has 0 spiro atoms. The molecule has 0 aliphatic heterocycles. The van der Waals surface area contributed by atoms with E-state index in [1.165, 1.54) is 0 Å². The van der Waals surface area contributed by atoms with Gasteiger partial charge in [-0.2, -0.15) is 0 Å². The second-order valence-corrected chi connectivity index (χ2v) is 5.91. The van der Waals surface area contributed by atoms with Crippen LogP contribution in [-0.4, -0.2) is 37.4 Å². The summed E-state index contributed by atoms with van der Waals surface area (Å²) in [5.74, 6) is 1.60. The molecule has 1 saturated carbocycles. The fourth-order valence-electron chi connectivity index (χ4n) is 2.27. The van der Waals surface area contributed by atoms with E-state index in [-0.39, 0.29) is 36.0 Å². The van der Waals surface area contributed by atoms with Crippen molar-refractivity contribution in [1.29, 1.82) is 0 Å². The van der Waals surface area contributed by atoms with Gasteiger partial charge in [0.15, 0.2) is 5.96 Å². The maximum Gasteiger partial charge on any atom is 0.191 e. The SMILES string of the molecule is C=CCOc1ccccc1CN=C(NCC)NCC1(CO)CC1.I. The molecule has 1 aromatic rings. The highest BCUT2D eigenvalue weighted by atomic mass is 127. The van der Waals surface area contributed by atoms with Gasteiger partial charge in [0, 0.05) is 24.1 Å². The van der Waals surface area contributed by atoms with Gasteiger partial charge in [-0.1, -0.05) is 30.9 Å². The lowest BCUT2D eigenvalue weighted by molar-refractivity contribution is 0.212. The van der Waals surface area contributed by atoms with Crippen LogP contribution >= 0.6 is 24.0 Å². The average molecular weight is 445 g/mol. The summed E-state index contributed by atoms with van der Waals surface area (Å²) in [6.45, 7) is 8.52. The van der Waals surface area contributed by atoms with Crippen molar-refractivity contribution < 1.29 is 9.84 Å². The molecule has 0 unspecified atom stereocenters. The van der Waals surface area contributed by atoms with E-state index in [1.54, 1.807) is 6.08 Å². The van der Waals surface area contributed by atoms with E-state index in [9.17, 15) is 5.11 Å². The van der Waals surface area contributed by atoms with Crippen LogP contribution in [0.25, 0.3) is 0 Å². The standard InChI is InChI=1S/C18H27N3O2.HI/c1-3-11-23-16-8-6-5-7-15(16)12-20-17(19-4-2)21-13-18(14-22)9-10-18;/h3,5-8,22H,1,4,9-14H2,2H3,(H2,19,20,21);1H. The summed E-state index contributed by atoms with van der Waals surface area (Å²) < 4.78 is 5.66. The van der Waals surface area contributed by atoms with Crippen molar-refractivity contribution in [3.63, 3.8) is 0 Å². The van der Waals surface area contributed by atoms with Crippen molar-refractivity contribution >= 4 is 29.9 Å². The normalized spacial score (nSPS) is 15.2. The molecule has 5 nitrogen and oxygen atoms in total. The minimum atomic E-state index is 0. The number of aliphatic imine (C=N–C) groups is 1. The van der Waals surface area contributed by atoms with Crippen molar-refractivity contribution in [2.45, 2.75) is 26.3 Å². The van der Waals surface area contributed by atoms with Gasteiger partial charge in [-0.15, -0.1) is 24.0 Å². The molecule has 0 bridgehead atoms. The zero-order valence-electron chi connectivity index (χ0n) is 14.3.